The monoisotopic (exact) mass is 451 g/mol. The number of benzene rings is 2. The van der Waals surface area contributed by atoms with Crippen molar-refractivity contribution in [2.75, 3.05) is 28.4 Å². The van der Waals surface area contributed by atoms with E-state index in [1.807, 2.05) is 4.94 Å². The minimum absolute atomic E-state index is 0.158. The Morgan fingerprint density at radius 1 is 0.929 bits per heavy atom. The summed E-state index contributed by atoms with van der Waals surface area (Å²) in [6.45, 7) is 0. The van der Waals surface area contributed by atoms with Crippen LogP contribution in [0, 0.1) is 5.82 Å². The molecule has 28 heavy (non-hydrogen) atoms. The van der Waals surface area contributed by atoms with E-state index in [-0.39, 0.29) is 26.0 Å². The van der Waals surface area contributed by atoms with E-state index in [1.165, 1.54) is 40.6 Å². The predicted octanol–water partition coefficient (Wildman–Crippen LogP) is 3.21. The fourth-order valence-corrected chi connectivity index (χ4v) is 4.33. The molecule has 0 spiro atoms. The molecule has 0 aliphatic rings. The average Bonchev–Trinajstić information content (AvgIpc) is 3.22. The topological polar surface area (TPSA) is 66.9 Å². The first kappa shape index (κ1) is 19.9. The van der Waals surface area contributed by atoms with Crippen LogP contribution in [-0.4, -0.2) is 53.7 Å². The van der Waals surface area contributed by atoms with Gasteiger partial charge in [-0.15, -0.1) is 0 Å². The molecule has 3 rings (SSSR count). The number of carbonyl (C=O) groups is 1. The summed E-state index contributed by atoms with van der Waals surface area (Å²) in [5.74, 6) is 0.634. The zero-order valence-corrected chi connectivity index (χ0v) is 17.5. The van der Waals surface area contributed by atoms with Crippen molar-refractivity contribution in [3.05, 3.63) is 51.2 Å². The quantitative estimate of drug-likeness (QED) is 0.407. The van der Waals surface area contributed by atoms with Gasteiger partial charge in [-0.2, -0.15) is 0 Å². The number of aromatic nitrogens is 1. The van der Waals surface area contributed by atoms with Crippen LogP contribution in [0.1, 0.15) is 14.9 Å². The molecule has 0 unspecified atom stereocenters. The van der Waals surface area contributed by atoms with Gasteiger partial charge in [-0.1, -0.05) is 0 Å². The van der Waals surface area contributed by atoms with Crippen LogP contribution in [0.4, 0.5) is 4.39 Å². The Balaban J connectivity index is 1.95. The zero-order chi connectivity index (χ0) is 20.3. The molecule has 0 N–H and O–H groups in total. The van der Waals surface area contributed by atoms with E-state index >= 15 is 0 Å². The molecule has 0 bridgehead atoms. The average molecular weight is 450 g/mol. The minimum atomic E-state index is -0.479. The van der Waals surface area contributed by atoms with Crippen LogP contribution in [0.5, 0.6) is 23.0 Å². The summed E-state index contributed by atoms with van der Waals surface area (Å²) in [4.78, 5) is 19.2. The second kappa shape index (κ2) is 8.46. The van der Waals surface area contributed by atoms with Crippen molar-refractivity contribution in [1.82, 2.24) is 4.98 Å². The third kappa shape index (κ3) is 3.74. The Hall–Kier alpha value is -2.83. The standard InChI is InChI=1S/C20H18FNO5Se/c1-24-15-6-5-11(7-13(15)21)14-10-28-20(22-14)18(23)12-8-16(25-2)19(27-4)17(9-12)26-3/h5-10H,1-4H3. The van der Waals surface area contributed by atoms with Crippen LogP contribution in [0.15, 0.2) is 35.3 Å². The first-order valence-corrected chi connectivity index (χ1v) is 10.0. The number of ether oxygens (including phenoxy) is 4. The van der Waals surface area contributed by atoms with E-state index < -0.39 is 5.82 Å². The number of nitrogens with zero attached hydrogens (tertiary/aromatic N) is 1. The fraction of sp³-hybridized carbons (Fsp3) is 0.200. The van der Waals surface area contributed by atoms with Gasteiger partial charge in [0.1, 0.15) is 0 Å². The number of methoxy groups -OCH3 is 4. The molecular weight excluding hydrogens is 432 g/mol. The molecule has 0 aliphatic carbocycles. The Kier molecular flexibility index (Phi) is 6.02. The molecule has 2 aromatic carbocycles. The second-order valence-corrected chi connectivity index (χ2v) is 7.43. The van der Waals surface area contributed by atoms with Crippen molar-refractivity contribution >= 4 is 20.3 Å². The van der Waals surface area contributed by atoms with Gasteiger partial charge in [-0.3, -0.25) is 0 Å². The summed E-state index contributed by atoms with van der Waals surface area (Å²) in [5, 5.41) is 0. The van der Waals surface area contributed by atoms with Gasteiger partial charge in [-0.25, -0.2) is 0 Å². The van der Waals surface area contributed by atoms with Crippen molar-refractivity contribution in [2.24, 2.45) is 0 Å². The van der Waals surface area contributed by atoms with Crippen LogP contribution >= 0.6 is 0 Å². The Morgan fingerprint density at radius 2 is 1.57 bits per heavy atom. The number of hydrogen-bond donors (Lipinski definition) is 0. The maximum atomic E-state index is 14.0. The van der Waals surface area contributed by atoms with Gasteiger partial charge in [-0.05, 0) is 0 Å². The van der Waals surface area contributed by atoms with E-state index in [0.29, 0.717) is 38.6 Å². The molecule has 6 nitrogen and oxygen atoms in total. The maximum absolute atomic E-state index is 14.0. The van der Waals surface area contributed by atoms with Crippen molar-refractivity contribution in [3.63, 3.8) is 0 Å². The van der Waals surface area contributed by atoms with E-state index in [1.54, 1.807) is 18.2 Å². The van der Waals surface area contributed by atoms with E-state index in [9.17, 15) is 9.18 Å². The van der Waals surface area contributed by atoms with Crippen molar-refractivity contribution < 1.29 is 28.1 Å². The number of rotatable bonds is 7. The molecule has 3 aromatic rings. The van der Waals surface area contributed by atoms with Gasteiger partial charge in [0.25, 0.3) is 0 Å². The molecule has 0 saturated carbocycles. The molecule has 0 fully saturated rings. The first-order chi connectivity index (χ1) is 13.5. The Labute approximate surface area is 167 Å². The summed E-state index contributed by atoms with van der Waals surface area (Å²) in [7, 11) is 5.87. The van der Waals surface area contributed by atoms with E-state index in [0.717, 1.165) is 0 Å². The van der Waals surface area contributed by atoms with Crippen LogP contribution in [0.2, 0.25) is 0 Å². The number of halogens is 1. The summed E-state index contributed by atoms with van der Waals surface area (Å²) < 4.78 is 35.2. The van der Waals surface area contributed by atoms with Gasteiger partial charge in [0.2, 0.25) is 0 Å². The summed E-state index contributed by atoms with van der Waals surface area (Å²) >= 11 is -0.275. The number of hydrogen-bond acceptors (Lipinski definition) is 6. The fourth-order valence-electron chi connectivity index (χ4n) is 2.67. The SMILES string of the molecule is COc1ccc(-c2c[se]c(C(=O)c3cc(OC)c(OC)c(OC)c3)n2)cc1F. The molecule has 8 heteroatoms. The van der Waals surface area contributed by atoms with Crippen molar-refractivity contribution in [3.8, 4) is 34.3 Å². The van der Waals surface area contributed by atoms with E-state index in [4.69, 9.17) is 18.9 Å². The van der Waals surface area contributed by atoms with Gasteiger partial charge < -0.3 is 0 Å². The second-order valence-electron chi connectivity index (χ2n) is 5.63. The third-order valence-electron chi connectivity index (χ3n) is 4.07. The molecule has 0 amide bonds. The number of ketones is 1. The zero-order valence-electron chi connectivity index (χ0n) is 15.7. The normalized spacial score (nSPS) is 10.5. The molecular formula is C20H18FNO5Se. The summed E-state index contributed by atoms with van der Waals surface area (Å²) in [6, 6.07) is 7.77. The summed E-state index contributed by atoms with van der Waals surface area (Å²) in [6.07, 6.45) is 0. The van der Waals surface area contributed by atoms with Gasteiger partial charge in [0, 0.05) is 0 Å². The number of carbonyl (C=O) groups excluding carboxylic acids is 1. The Bertz CT molecular complexity index is 993. The Morgan fingerprint density at radius 3 is 2.11 bits per heavy atom. The van der Waals surface area contributed by atoms with Gasteiger partial charge in [0.15, 0.2) is 0 Å². The molecule has 0 saturated heterocycles. The molecule has 146 valence electrons. The molecule has 0 atom stereocenters. The van der Waals surface area contributed by atoms with Gasteiger partial charge >= 0.3 is 167 Å². The predicted molar refractivity (Wildman–Crippen MR) is 103 cm³/mol. The summed E-state index contributed by atoms with van der Waals surface area (Å²) in [5.41, 5.74) is 1.54. The molecule has 1 heterocycles. The first-order valence-electron chi connectivity index (χ1n) is 8.16. The van der Waals surface area contributed by atoms with Crippen LogP contribution in [0.25, 0.3) is 11.3 Å². The third-order valence-corrected chi connectivity index (χ3v) is 5.84. The van der Waals surface area contributed by atoms with Crippen LogP contribution < -0.4 is 18.9 Å². The molecule has 0 radical (unpaired) electrons. The van der Waals surface area contributed by atoms with Crippen LogP contribution in [-0.2, 0) is 0 Å². The van der Waals surface area contributed by atoms with Crippen molar-refractivity contribution in [2.45, 2.75) is 0 Å². The molecule has 1 aromatic heterocycles. The van der Waals surface area contributed by atoms with E-state index in [2.05, 4.69) is 4.98 Å². The molecule has 0 aliphatic heterocycles. The van der Waals surface area contributed by atoms with Gasteiger partial charge in [0.05, 0.1) is 0 Å². The van der Waals surface area contributed by atoms with Crippen LogP contribution in [0.3, 0.4) is 0 Å². The van der Waals surface area contributed by atoms with Crippen molar-refractivity contribution in [1.29, 1.82) is 0 Å².